The van der Waals surface area contributed by atoms with E-state index in [2.05, 4.69) is 51.4 Å². The number of nitrogens with zero attached hydrogens (tertiary/aromatic N) is 6. The van der Waals surface area contributed by atoms with Crippen LogP contribution in [0.15, 0.2) is 42.5 Å². The molecule has 3 heterocycles. The first-order valence-electron chi connectivity index (χ1n) is 10.6. The van der Waals surface area contributed by atoms with Gasteiger partial charge in [-0.1, -0.05) is 29.8 Å². The molecule has 7 heteroatoms. The fraction of sp³-hybridized carbons (Fsp3) is 0.391. The number of piperazine rings is 1. The summed E-state index contributed by atoms with van der Waals surface area (Å²) in [7, 11) is 1.83. The van der Waals surface area contributed by atoms with Crippen LogP contribution in [-0.2, 0) is 7.05 Å². The van der Waals surface area contributed by atoms with Gasteiger partial charge in [-0.05, 0) is 38.0 Å². The van der Waals surface area contributed by atoms with Crippen LogP contribution in [-0.4, -0.2) is 57.0 Å². The predicted molar refractivity (Wildman–Crippen MR) is 116 cm³/mol. The topological polar surface area (TPSA) is 67.2 Å². The Balaban J connectivity index is 1.25. The van der Waals surface area contributed by atoms with E-state index in [1.165, 1.54) is 18.4 Å². The Labute approximate surface area is 176 Å². The first-order valence-corrected chi connectivity index (χ1v) is 10.6. The van der Waals surface area contributed by atoms with Crippen LogP contribution in [0.1, 0.15) is 40.5 Å². The molecule has 0 spiro atoms. The third kappa shape index (κ3) is 3.67. The van der Waals surface area contributed by atoms with E-state index in [4.69, 9.17) is 0 Å². The van der Waals surface area contributed by atoms with Crippen molar-refractivity contribution in [1.82, 2.24) is 24.9 Å². The van der Waals surface area contributed by atoms with Gasteiger partial charge in [-0.2, -0.15) is 10.2 Å². The van der Waals surface area contributed by atoms with E-state index < -0.39 is 0 Å². The zero-order valence-electron chi connectivity index (χ0n) is 17.5. The Hall–Kier alpha value is -3.22. The van der Waals surface area contributed by atoms with E-state index in [9.17, 15) is 4.79 Å². The van der Waals surface area contributed by atoms with Crippen LogP contribution in [0.4, 0.5) is 5.82 Å². The molecule has 0 bridgehead atoms. The Kier molecular flexibility index (Phi) is 4.73. The number of hydrogen-bond acceptors (Lipinski definition) is 5. The molecule has 1 amide bonds. The van der Waals surface area contributed by atoms with Crippen LogP contribution in [0.2, 0.25) is 0 Å². The van der Waals surface area contributed by atoms with Crippen molar-refractivity contribution in [2.75, 3.05) is 31.1 Å². The normalized spacial score (nSPS) is 16.7. The first-order chi connectivity index (χ1) is 14.6. The summed E-state index contributed by atoms with van der Waals surface area (Å²) in [6, 6.07) is 14.3. The molecule has 1 aromatic carbocycles. The van der Waals surface area contributed by atoms with Crippen molar-refractivity contribution in [3.8, 4) is 11.3 Å². The summed E-state index contributed by atoms with van der Waals surface area (Å²) >= 11 is 0. The average molecular weight is 403 g/mol. The van der Waals surface area contributed by atoms with E-state index in [-0.39, 0.29) is 5.91 Å². The van der Waals surface area contributed by atoms with Gasteiger partial charge in [0.25, 0.3) is 5.91 Å². The van der Waals surface area contributed by atoms with Gasteiger partial charge in [0.2, 0.25) is 0 Å². The van der Waals surface area contributed by atoms with Crippen molar-refractivity contribution in [2.24, 2.45) is 7.05 Å². The zero-order chi connectivity index (χ0) is 20.7. The number of amides is 1. The van der Waals surface area contributed by atoms with Gasteiger partial charge in [-0.3, -0.25) is 9.48 Å². The highest BCUT2D eigenvalue weighted by Crippen LogP contribution is 2.38. The number of aryl methyl sites for hydroxylation is 2. The third-order valence-electron chi connectivity index (χ3n) is 6.00. The van der Waals surface area contributed by atoms with Crippen LogP contribution in [0, 0.1) is 6.92 Å². The van der Waals surface area contributed by atoms with Crippen LogP contribution < -0.4 is 4.90 Å². The van der Waals surface area contributed by atoms with Crippen molar-refractivity contribution >= 4 is 11.7 Å². The van der Waals surface area contributed by atoms with Crippen molar-refractivity contribution < 1.29 is 4.79 Å². The van der Waals surface area contributed by atoms with Crippen molar-refractivity contribution in [3.63, 3.8) is 0 Å². The number of carbonyl (C=O) groups excluding carboxylic acids is 1. The summed E-state index contributed by atoms with van der Waals surface area (Å²) in [6.45, 7) is 4.90. The lowest BCUT2D eigenvalue weighted by Gasteiger charge is -2.35. The second-order valence-corrected chi connectivity index (χ2v) is 8.27. The molecular weight excluding hydrogens is 376 g/mol. The summed E-state index contributed by atoms with van der Waals surface area (Å²) < 4.78 is 1.69. The Morgan fingerprint density at radius 3 is 2.33 bits per heavy atom. The minimum atomic E-state index is 0.0261. The van der Waals surface area contributed by atoms with E-state index in [0.29, 0.717) is 24.7 Å². The minimum Gasteiger partial charge on any atom is -0.352 e. The van der Waals surface area contributed by atoms with Gasteiger partial charge in [-0.15, -0.1) is 5.10 Å². The Morgan fingerprint density at radius 1 is 0.967 bits per heavy atom. The molecule has 5 rings (SSSR count). The maximum atomic E-state index is 13.1. The number of benzene rings is 1. The second-order valence-electron chi connectivity index (χ2n) is 8.27. The van der Waals surface area contributed by atoms with Crippen LogP contribution in [0.25, 0.3) is 11.3 Å². The zero-order valence-corrected chi connectivity index (χ0v) is 17.5. The van der Waals surface area contributed by atoms with E-state index >= 15 is 0 Å². The van der Waals surface area contributed by atoms with Gasteiger partial charge in [0, 0.05) is 44.7 Å². The molecule has 2 fully saturated rings. The summed E-state index contributed by atoms with van der Waals surface area (Å²) in [5.74, 6) is 1.54. The molecule has 3 aromatic rings. The van der Waals surface area contributed by atoms with E-state index in [1.54, 1.807) is 4.68 Å². The first kappa shape index (κ1) is 18.8. The van der Waals surface area contributed by atoms with Gasteiger partial charge in [-0.25, -0.2) is 0 Å². The van der Waals surface area contributed by atoms with Crippen molar-refractivity contribution in [3.05, 3.63) is 59.4 Å². The molecule has 1 aliphatic carbocycles. The molecule has 7 nitrogen and oxygen atoms in total. The molecule has 1 saturated heterocycles. The largest absolute Gasteiger partial charge is 0.352 e. The maximum Gasteiger partial charge on any atom is 0.272 e. The number of rotatable bonds is 4. The van der Waals surface area contributed by atoms with Crippen molar-refractivity contribution in [1.29, 1.82) is 0 Å². The molecule has 0 atom stereocenters. The minimum absolute atomic E-state index is 0.0261. The number of anilines is 1. The molecule has 2 aliphatic rings. The van der Waals surface area contributed by atoms with Gasteiger partial charge < -0.3 is 9.80 Å². The summed E-state index contributed by atoms with van der Waals surface area (Å²) in [6.07, 6.45) is 2.46. The van der Waals surface area contributed by atoms with Crippen LogP contribution >= 0.6 is 0 Å². The summed E-state index contributed by atoms with van der Waals surface area (Å²) in [4.78, 5) is 17.2. The van der Waals surface area contributed by atoms with Gasteiger partial charge in [0.15, 0.2) is 5.82 Å². The van der Waals surface area contributed by atoms with Crippen LogP contribution in [0.3, 0.4) is 0 Å². The summed E-state index contributed by atoms with van der Waals surface area (Å²) in [5.41, 5.74) is 4.77. The maximum absolute atomic E-state index is 13.1. The lowest BCUT2D eigenvalue weighted by molar-refractivity contribution is 0.0735. The molecule has 1 saturated carbocycles. The van der Waals surface area contributed by atoms with Gasteiger partial charge in [0.05, 0.1) is 11.4 Å². The number of hydrogen-bond donors (Lipinski definition) is 0. The number of aromatic nitrogens is 4. The Morgan fingerprint density at radius 2 is 1.70 bits per heavy atom. The average Bonchev–Trinajstić information content (AvgIpc) is 3.56. The lowest BCUT2D eigenvalue weighted by atomic mass is 10.1. The molecule has 154 valence electrons. The monoisotopic (exact) mass is 402 g/mol. The molecule has 30 heavy (non-hydrogen) atoms. The lowest BCUT2D eigenvalue weighted by Crippen LogP contribution is -2.49. The standard InChI is InChI=1S/C23H26N6O/c1-16-3-5-18(6-4-16)20-15-21(27(2)26-20)23(30)29-13-11-28(12-14-29)22-10-9-19(24-25-22)17-7-8-17/h3-6,9-10,15,17H,7-8,11-14H2,1-2H3. The third-order valence-corrected chi connectivity index (χ3v) is 6.00. The SMILES string of the molecule is Cc1ccc(-c2cc(C(=O)N3CCN(c4ccc(C5CC5)nn4)CC3)n(C)n2)cc1. The summed E-state index contributed by atoms with van der Waals surface area (Å²) in [5, 5.41) is 13.3. The molecule has 0 radical (unpaired) electrons. The fourth-order valence-electron chi connectivity index (χ4n) is 3.93. The van der Waals surface area contributed by atoms with Gasteiger partial charge in [0.1, 0.15) is 5.69 Å². The van der Waals surface area contributed by atoms with E-state index in [0.717, 1.165) is 35.9 Å². The smallest absolute Gasteiger partial charge is 0.272 e. The molecule has 1 aliphatic heterocycles. The molecule has 0 N–H and O–H groups in total. The number of carbonyl (C=O) groups is 1. The fourth-order valence-corrected chi connectivity index (χ4v) is 3.93. The highest BCUT2D eigenvalue weighted by molar-refractivity contribution is 5.94. The van der Waals surface area contributed by atoms with Gasteiger partial charge >= 0.3 is 0 Å². The van der Waals surface area contributed by atoms with Crippen LogP contribution in [0.5, 0.6) is 0 Å². The molecule has 2 aromatic heterocycles. The highest BCUT2D eigenvalue weighted by atomic mass is 16.2. The predicted octanol–water partition coefficient (Wildman–Crippen LogP) is 3.03. The molecule has 0 unspecified atom stereocenters. The van der Waals surface area contributed by atoms with E-state index in [1.807, 2.05) is 30.1 Å². The highest BCUT2D eigenvalue weighted by Gasteiger charge is 2.27. The quantitative estimate of drug-likeness (QED) is 0.671. The van der Waals surface area contributed by atoms with Crippen molar-refractivity contribution in [2.45, 2.75) is 25.7 Å². The Bertz CT molecular complexity index is 1040. The molecular formula is C23H26N6O. The second kappa shape index (κ2) is 7.55.